The number of benzene rings is 1. The van der Waals surface area contributed by atoms with E-state index < -0.39 is 11.7 Å². The number of hydrogen-bond acceptors (Lipinski definition) is 3. The first kappa shape index (κ1) is 18.7. The molecule has 26 heavy (non-hydrogen) atoms. The summed E-state index contributed by atoms with van der Waals surface area (Å²) in [6.45, 7) is 0.565. The van der Waals surface area contributed by atoms with E-state index in [0.29, 0.717) is 5.56 Å². The fourth-order valence-electron chi connectivity index (χ4n) is 3.18. The lowest BCUT2D eigenvalue weighted by Crippen LogP contribution is -2.62. The van der Waals surface area contributed by atoms with Crippen molar-refractivity contribution < 1.29 is 27.6 Å². The molecule has 3 amide bonds. The summed E-state index contributed by atoms with van der Waals surface area (Å²) in [5, 5.41) is -0.377. The number of amides is 3. The van der Waals surface area contributed by atoms with E-state index in [-0.39, 0.29) is 67.6 Å². The van der Waals surface area contributed by atoms with Gasteiger partial charge in [-0.2, -0.15) is 13.2 Å². The van der Waals surface area contributed by atoms with Crippen LogP contribution in [0.15, 0.2) is 18.2 Å². The Morgan fingerprint density at radius 3 is 2.35 bits per heavy atom. The first-order valence-corrected chi connectivity index (χ1v) is 8.53. The average Bonchev–Trinajstić information content (AvgIpc) is 2.84. The Bertz CT molecular complexity index is 744. The molecule has 0 radical (unpaired) electrons. The lowest BCUT2D eigenvalue weighted by atomic mass is 10.0. The minimum Gasteiger partial charge on any atom is -0.338 e. The van der Waals surface area contributed by atoms with Gasteiger partial charge in [0.15, 0.2) is 0 Å². The molecule has 2 fully saturated rings. The van der Waals surface area contributed by atoms with E-state index in [2.05, 4.69) is 0 Å². The minimum atomic E-state index is -4.55. The third-order valence-electron chi connectivity index (χ3n) is 4.63. The molecule has 0 N–H and O–H groups in total. The van der Waals surface area contributed by atoms with Crippen molar-refractivity contribution in [3.63, 3.8) is 0 Å². The Labute approximate surface area is 152 Å². The van der Waals surface area contributed by atoms with Crippen molar-refractivity contribution >= 4 is 29.3 Å². The quantitative estimate of drug-likeness (QED) is 0.745. The lowest BCUT2D eigenvalue weighted by Gasteiger charge is -2.43. The van der Waals surface area contributed by atoms with Crippen LogP contribution in [0, 0.1) is 0 Å². The van der Waals surface area contributed by atoms with Gasteiger partial charge in [0.2, 0.25) is 17.7 Å². The molecule has 2 saturated heterocycles. The van der Waals surface area contributed by atoms with Crippen LogP contribution in [0.4, 0.5) is 13.2 Å². The zero-order valence-corrected chi connectivity index (χ0v) is 14.4. The van der Waals surface area contributed by atoms with Gasteiger partial charge >= 0.3 is 6.18 Å². The van der Waals surface area contributed by atoms with Crippen LogP contribution in [0.25, 0.3) is 0 Å². The maximum absolute atomic E-state index is 12.9. The van der Waals surface area contributed by atoms with Gasteiger partial charge in [0.1, 0.15) is 0 Å². The SMILES string of the molecule is O=C(CCc1ccc(Cl)c(C(F)(F)F)c1)N1CC(N2C(=O)CCC2=O)C1. The predicted molar refractivity (Wildman–Crippen MR) is 86.2 cm³/mol. The van der Waals surface area contributed by atoms with E-state index in [4.69, 9.17) is 11.6 Å². The molecule has 0 spiro atoms. The monoisotopic (exact) mass is 388 g/mol. The molecule has 5 nitrogen and oxygen atoms in total. The van der Waals surface area contributed by atoms with E-state index in [1.165, 1.54) is 21.9 Å². The predicted octanol–water partition coefficient (Wildman–Crippen LogP) is 2.65. The number of likely N-dealkylation sites (tertiary alicyclic amines) is 2. The number of imide groups is 1. The first-order valence-electron chi connectivity index (χ1n) is 8.15. The zero-order valence-electron chi connectivity index (χ0n) is 13.7. The molecule has 1 aromatic carbocycles. The van der Waals surface area contributed by atoms with Crippen LogP contribution >= 0.6 is 11.6 Å². The molecule has 0 atom stereocenters. The van der Waals surface area contributed by atoms with Gasteiger partial charge in [-0.15, -0.1) is 0 Å². The third kappa shape index (κ3) is 3.70. The first-order chi connectivity index (χ1) is 12.2. The van der Waals surface area contributed by atoms with Gasteiger partial charge in [-0.3, -0.25) is 19.3 Å². The molecule has 2 heterocycles. The van der Waals surface area contributed by atoms with E-state index >= 15 is 0 Å². The van der Waals surface area contributed by atoms with E-state index in [0.717, 1.165) is 6.07 Å². The van der Waals surface area contributed by atoms with Crippen molar-refractivity contribution in [1.82, 2.24) is 9.80 Å². The molecule has 9 heteroatoms. The van der Waals surface area contributed by atoms with Gasteiger partial charge in [-0.25, -0.2) is 0 Å². The highest BCUT2D eigenvalue weighted by atomic mass is 35.5. The highest BCUT2D eigenvalue weighted by Crippen LogP contribution is 2.35. The van der Waals surface area contributed by atoms with Crippen molar-refractivity contribution in [1.29, 1.82) is 0 Å². The van der Waals surface area contributed by atoms with Crippen LogP contribution in [-0.4, -0.2) is 46.7 Å². The number of carbonyl (C=O) groups is 3. The van der Waals surface area contributed by atoms with Crippen LogP contribution in [0.5, 0.6) is 0 Å². The van der Waals surface area contributed by atoms with Crippen molar-refractivity contribution in [2.45, 2.75) is 37.9 Å². The van der Waals surface area contributed by atoms with Gasteiger partial charge in [0.25, 0.3) is 0 Å². The van der Waals surface area contributed by atoms with Crippen LogP contribution in [0.1, 0.15) is 30.4 Å². The molecule has 0 bridgehead atoms. The lowest BCUT2D eigenvalue weighted by molar-refractivity contribution is -0.151. The Kier molecular flexibility index (Phi) is 4.96. The molecule has 2 aliphatic heterocycles. The van der Waals surface area contributed by atoms with Gasteiger partial charge < -0.3 is 4.90 Å². The number of aryl methyl sites for hydroxylation is 1. The fourth-order valence-corrected chi connectivity index (χ4v) is 3.40. The van der Waals surface area contributed by atoms with Gasteiger partial charge in [-0.1, -0.05) is 17.7 Å². The number of rotatable bonds is 4. The Hall–Kier alpha value is -2.09. The Morgan fingerprint density at radius 1 is 1.15 bits per heavy atom. The van der Waals surface area contributed by atoms with Crippen molar-refractivity contribution in [2.24, 2.45) is 0 Å². The highest BCUT2D eigenvalue weighted by molar-refractivity contribution is 6.31. The molecular weight excluding hydrogens is 373 g/mol. The van der Waals surface area contributed by atoms with E-state index in [1.807, 2.05) is 0 Å². The highest BCUT2D eigenvalue weighted by Gasteiger charge is 2.42. The second kappa shape index (κ2) is 6.90. The van der Waals surface area contributed by atoms with Gasteiger partial charge in [0.05, 0.1) is 16.6 Å². The minimum absolute atomic E-state index is 0.0491. The summed E-state index contributed by atoms with van der Waals surface area (Å²) in [5.74, 6) is -0.648. The average molecular weight is 389 g/mol. The van der Waals surface area contributed by atoms with Gasteiger partial charge in [-0.05, 0) is 24.1 Å². The zero-order chi connectivity index (χ0) is 19.1. The topological polar surface area (TPSA) is 57.7 Å². The molecule has 3 rings (SSSR count). The largest absolute Gasteiger partial charge is 0.417 e. The number of alkyl halides is 3. The van der Waals surface area contributed by atoms with Crippen LogP contribution < -0.4 is 0 Å². The Balaban J connectivity index is 1.53. The van der Waals surface area contributed by atoms with E-state index in [9.17, 15) is 27.6 Å². The Morgan fingerprint density at radius 2 is 1.77 bits per heavy atom. The summed E-state index contributed by atoms with van der Waals surface area (Å²) in [7, 11) is 0. The number of halogens is 4. The maximum Gasteiger partial charge on any atom is 0.417 e. The number of carbonyl (C=O) groups excluding carboxylic acids is 3. The smallest absolute Gasteiger partial charge is 0.338 e. The summed E-state index contributed by atoms with van der Waals surface area (Å²) in [5.41, 5.74) is -0.545. The second-order valence-corrected chi connectivity index (χ2v) is 6.83. The normalized spacial score (nSPS) is 18.5. The molecular formula is C17H16ClF3N2O3. The fraction of sp³-hybridized carbons (Fsp3) is 0.471. The summed E-state index contributed by atoms with van der Waals surface area (Å²) in [6, 6.07) is 3.31. The van der Waals surface area contributed by atoms with Crippen molar-refractivity contribution in [3.8, 4) is 0 Å². The molecule has 0 aliphatic carbocycles. The molecule has 140 valence electrons. The molecule has 2 aliphatic rings. The second-order valence-electron chi connectivity index (χ2n) is 6.42. The number of nitrogens with zero attached hydrogens (tertiary/aromatic N) is 2. The van der Waals surface area contributed by atoms with E-state index in [1.54, 1.807) is 0 Å². The molecule has 0 saturated carbocycles. The number of hydrogen-bond donors (Lipinski definition) is 0. The van der Waals surface area contributed by atoms with Crippen LogP contribution in [-0.2, 0) is 27.0 Å². The standard InChI is InChI=1S/C17H16ClF3N2O3/c18-13-3-1-10(7-12(13)17(19,20)21)2-4-14(24)22-8-11(9-22)23-15(25)5-6-16(23)26/h1,3,7,11H,2,4-6,8-9H2. The summed E-state index contributed by atoms with van der Waals surface area (Å²) in [6.07, 6.45) is -3.92. The molecule has 0 aromatic heterocycles. The molecule has 0 unspecified atom stereocenters. The van der Waals surface area contributed by atoms with Crippen LogP contribution in [0.2, 0.25) is 5.02 Å². The maximum atomic E-state index is 12.9. The molecule has 1 aromatic rings. The third-order valence-corrected chi connectivity index (χ3v) is 4.96. The van der Waals surface area contributed by atoms with Crippen LogP contribution in [0.3, 0.4) is 0 Å². The summed E-state index contributed by atoms with van der Waals surface area (Å²) in [4.78, 5) is 38.2. The van der Waals surface area contributed by atoms with Gasteiger partial charge in [0, 0.05) is 32.4 Å². The van der Waals surface area contributed by atoms with Crippen molar-refractivity contribution in [3.05, 3.63) is 34.3 Å². The summed E-state index contributed by atoms with van der Waals surface area (Å²) < 4.78 is 38.6. The summed E-state index contributed by atoms with van der Waals surface area (Å²) >= 11 is 5.57. The van der Waals surface area contributed by atoms with Crippen molar-refractivity contribution in [2.75, 3.05) is 13.1 Å².